The van der Waals surface area contributed by atoms with Crippen molar-refractivity contribution in [3.05, 3.63) is 70.4 Å². The Morgan fingerprint density at radius 1 is 1.13 bits per heavy atom. The molecule has 1 fully saturated rings. The van der Waals surface area contributed by atoms with Gasteiger partial charge in [0.15, 0.2) is 5.54 Å². The average molecular weight is 558 g/mol. The Bertz CT molecular complexity index is 1570. The lowest BCUT2D eigenvalue weighted by molar-refractivity contribution is -0.146. The van der Waals surface area contributed by atoms with Gasteiger partial charge >= 0.3 is 0 Å². The molecule has 1 saturated heterocycles. The highest BCUT2D eigenvalue weighted by molar-refractivity contribution is 6.31. The van der Waals surface area contributed by atoms with Gasteiger partial charge in [-0.15, -0.1) is 0 Å². The Morgan fingerprint density at radius 3 is 2.54 bits per heavy atom. The van der Waals surface area contributed by atoms with E-state index < -0.39 is 29.0 Å². The molecule has 0 atom stereocenters. The second-order valence-corrected chi connectivity index (χ2v) is 9.45. The van der Waals surface area contributed by atoms with E-state index in [1.54, 1.807) is 13.8 Å². The third-order valence-electron chi connectivity index (χ3n) is 6.11. The van der Waals surface area contributed by atoms with Crippen molar-refractivity contribution >= 4 is 23.4 Å². The molecule has 0 spiro atoms. The molecule has 3 N–H and O–H groups in total. The summed E-state index contributed by atoms with van der Waals surface area (Å²) in [7, 11) is 0. The predicted octanol–water partition coefficient (Wildman–Crippen LogP) is 2.93. The van der Waals surface area contributed by atoms with Crippen LogP contribution in [0.1, 0.15) is 27.9 Å². The van der Waals surface area contributed by atoms with Crippen molar-refractivity contribution in [1.29, 1.82) is 0 Å². The maximum absolute atomic E-state index is 15.0. The van der Waals surface area contributed by atoms with Crippen molar-refractivity contribution < 1.29 is 27.6 Å². The van der Waals surface area contributed by atoms with E-state index >= 15 is 4.39 Å². The molecule has 1 aliphatic heterocycles. The van der Waals surface area contributed by atoms with E-state index in [0.717, 1.165) is 6.07 Å². The summed E-state index contributed by atoms with van der Waals surface area (Å²) in [4.78, 5) is 40.4. The highest BCUT2D eigenvalue weighted by Gasteiger charge is 2.47. The molecule has 2 amide bonds. The summed E-state index contributed by atoms with van der Waals surface area (Å²) in [5.74, 6) is -1.54. The number of aryl methyl sites for hydroxylation is 2. The highest BCUT2D eigenvalue weighted by atomic mass is 35.5. The number of rotatable bonds is 8. The van der Waals surface area contributed by atoms with Crippen LogP contribution in [-0.2, 0) is 16.0 Å². The second kappa shape index (κ2) is 10.5. The minimum absolute atomic E-state index is 0.00202. The van der Waals surface area contributed by atoms with Crippen LogP contribution in [0.4, 0.5) is 8.78 Å². The smallest absolute Gasteiger partial charge is 0.270 e. The molecule has 0 unspecified atom stereocenters. The van der Waals surface area contributed by atoms with Gasteiger partial charge in [0.2, 0.25) is 11.7 Å². The number of pyridine rings is 1. The largest absolute Gasteiger partial charge is 0.375 e. The Kier molecular flexibility index (Phi) is 7.10. The van der Waals surface area contributed by atoms with E-state index in [2.05, 4.69) is 35.7 Å². The number of imidazole rings is 1. The van der Waals surface area contributed by atoms with E-state index in [0.29, 0.717) is 5.82 Å². The Balaban J connectivity index is 1.27. The Labute approximate surface area is 225 Å². The van der Waals surface area contributed by atoms with Crippen molar-refractivity contribution in [3.63, 3.8) is 0 Å². The van der Waals surface area contributed by atoms with Crippen LogP contribution in [0.2, 0.25) is 5.02 Å². The quantitative estimate of drug-likeness (QED) is 0.299. The number of nitrogens with one attached hydrogen (secondary N) is 3. The molecule has 39 heavy (non-hydrogen) atoms. The molecule has 4 aromatic rings. The lowest BCUT2D eigenvalue weighted by Gasteiger charge is -2.40. The summed E-state index contributed by atoms with van der Waals surface area (Å²) in [5.41, 5.74) is -0.460. The number of aromatic amines is 1. The van der Waals surface area contributed by atoms with Crippen LogP contribution in [-0.4, -0.2) is 62.2 Å². The monoisotopic (exact) mass is 557 g/mol. The van der Waals surface area contributed by atoms with E-state index in [9.17, 15) is 14.0 Å². The standard InChI is InChI=1S/C25H22ClF2N7O4/c1-12-30-9-20(32-12)23(36)34-25(10-38-11-25)24(37)29-4-3-19-17(27)5-14(8-31-19)16-6-15(26)7-18(28)21(16)22-33-13(2)39-35-22/h5-9H,3-4,10-11H2,1-2H3,(H,29,37)(H,30,32)(H,34,36). The number of carbonyl (C=O) groups is 2. The number of benzene rings is 1. The lowest BCUT2D eigenvalue weighted by Crippen LogP contribution is -2.70. The molecule has 1 aromatic carbocycles. The zero-order chi connectivity index (χ0) is 27.7. The van der Waals surface area contributed by atoms with Gasteiger partial charge in [0, 0.05) is 36.7 Å². The number of nitrogens with zero attached hydrogens (tertiary/aromatic N) is 4. The van der Waals surface area contributed by atoms with Gasteiger partial charge in [0.05, 0.1) is 30.7 Å². The molecular formula is C25H22ClF2N7O4. The summed E-state index contributed by atoms with van der Waals surface area (Å²) in [6.45, 7) is 3.30. The number of amides is 2. The SMILES string of the molecule is Cc1ncc(C(=O)NC2(C(=O)NCCc3ncc(-c4cc(Cl)cc(F)c4-c4noc(C)n4)cc3F)COC2)[nH]1. The van der Waals surface area contributed by atoms with Crippen molar-refractivity contribution in [3.8, 4) is 22.5 Å². The molecule has 202 valence electrons. The van der Waals surface area contributed by atoms with Crippen molar-refractivity contribution in [2.45, 2.75) is 25.8 Å². The molecule has 5 rings (SSSR count). The predicted molar refractivity (Wildman–Crippen MR) is 134 cm³/mol. The van der Waals surface area contributed by atoms with Gasteiger partial charge in [-0.2, -0.15) is 4.98 Å². The van der Waals surface area contributed by atoms with Crippen LogP contribution in [0.15, 0.2) is 35.1 Å². The van der Waals surface area contributed by atoms with E-state index in [-0.39, 0.29) is 71.0 Å². The van der Waals surface area contributed by atoms with E-state index in [1.165, 1.54) is 24.5 Å². The number of ether oxygens (including phenoxy) is 1. The van der Waals surface area contributed by atoms with Crippen molar-refractivity contribution in [1.82, 2.24) is 35.7 Å². The van der Waals surface area contributed by atoms with Gasteiger partial charge in [-0.1, -0.05) is 16.8 Å². The minimum Gasteiger partial charge on any atom is -0.375 e. The summed E-state index contributed by atoms with van der Waals surface area (Å²) < 4.78 is 40.0. The number of carbonyl (C=O) groups excluding carboxylic acids is 2. The van der Waals surface area contributed by atoms with Gasteiger partial charge in [0.1, 0.15) is 23.2 Å². The summed E-state index contributed by atoms with van der Waals surface area (Å²) >= 11 is 6.06. The molecule has 0 aliphatic carbocycles. The van der Waals surface area contributed by atoms with Crippen LogP contribution in [0.3, 0.4) is 0 Å². The van der Waals surface area contributed by atoms with Crippen LogP contribution >= 0.6 is 11.6 Å². The molecule has 11 nitrogen and oxygen atoms in total. The first-order valence-corrected chi connectivity index (χ1v) is 12.2. The van der Waals surface area contributed by atoms with Crippen LogP contribution in [0.25, 0.3) is 22.5 Å². The Morgan fingerprint density at radius 2 is 1.92 bits per heavy atom. The molecule has 3 aromatic heterocycles. The van der Waals surface area contributed by atoms with Crippen molar-refractivity contribution in [2.24, 2.45) is 0 Å². The molecule has 14 heteroatoms. The maximum Gasteiger partial charge on any atom is 0.270 e. The highest BCUT2D eigenvalue weighted by Crippen LogP contribution is 2.35. The molecule has 0 bridgehead atoms. The fourth-order valence-electron chi connectivity index (χ4n) is 4.08. The van der Waals surface area contributed by atoms with E-state index in [4.69, 9.17) is 20.9 Å². The van der Waals surface area contributed by atoms with Crippen LogP contribution < -0.4 is 10.6 Å². The number of hydrogen-bond donors (Lipinski definition) is 3. The summed E-state index contributed by atoms with van der Waals surface area (Å²) in [6, 6.07) is 3.76. The van der Waals surface area contributed by atoms with Gasteiger partial charge in [0.25, 0.3) is 11.8 Å². The van der Waals surface area contributed by atoms with Gasteiger partial charge in [-0.05, 0) is 30.7 Å². The fraction of sp³-hybridized carbons (Fsp3) is 0.280. The lowest BCUT2D eigenvalue weighted by atomic mass is 9.95. The normalized spacial score (nSPS) is 14.1. The zero-order valence-electron chi connectivity index (χ0n) is 20.8. The Hall–Kier alpha value is -4.23. The maximum atomic E-state index is 15.0. The third-order valence-corrected chi connectivity index (χ3v) is 6.33. The molecule has 1 aliphatic rings. The first kappa shape index (κ1) is 26.4. The zero-order valence-corrected chi connectivity index (χ0v) is 21.5. The molecule has 4 heterocycles. The first-order valence-electron chi connectivity index (χ1n) is 11.8. The third kappa shape index (κ3) is 5.36. The molecule has 0 saturated carbocycles. The topological polar surface area (TPSA) is 148 Å². The average Bonchev–Trinajstić information content (AvgIpc) is 3.49. The minimum atomic E-state index is -1.24. The van der Waals surface area contributed by atoms with Gasteiger partial charge in [-0.25, -0.2) is 13.8 Å². The summed E-state index contributed by atoms with van der Waals surface area (Å²) in [5, 5.41) is 9.24. The van der Waals surface area contributed by atoms with Crippen LogP contribution in [0.5, 0.6) is 0 Å². The first-order chi connectivity index (χ1) is 18.6. The number of H-pyrrole nitrogens is 1. The van der Waals surface area contributed by atoms with E-state index in [1.807, 2.05) is 0 Å². The number of hydrogen-bond acceptors (Lipinski definition) is 8. The van der Waals surface area contributed by atoms with Crippen molar-refractivity contribution in [2.75, 3.05) is 19.8 Å². The number of halogens is 3. The number of aromatic nitrogens is 5. The molecule has 0 radical (unpaired) electrons. The van der Waals surface area contributed by atoms with Gasteiger partial charge in [-0.3, -0.25) is 14.6 Å². The summed E-state index contributed by atoms with van der Waals surface area (Å²) in [6.07, 6.45) is 2.80. The van der Waals surface area contributed by atoms with Gasteiger partial charge < -0.3 is 24.9 Å². The molecular weight excluding hydrogens is 536 g/mol. The second-order valence-electron chi connectivity index (χ2n) is 9.02. The fourth-order valence-corrected chi connectivity index (χ4v) is 4.28. The van der Waals surface area contributed by atoms with Crippen LogP contribution in [0, 0.1) is 25.5 Å².